The van der Waals surface area contributed by atoms with Gasteiger partial charge in [0.05, 0.1) is 30.0 Å². The Hall–Kier alpha value is -3.63. The second-order valence-electron chi connectivity index (χ2n) is 11.7. The number of aryl methyl sites for hydroxylation is 1. The van der Waals surface area contributed by atoms with Crippen LogP contribution in [0.5, 0.6) is 0 Å². The van der Waals surface area contributed by atoms with Crippen molar-refractivity contribution in [2.24, 2.45) is 5.92 Å². The summed E-state index contributed by atoms with van der Waals surface area (Å²) < 4.78 is 8.67. The van der Waals surface area contributed by atoms with Crippen LogP contribution in [0.15, 0.2) is 91.1 Å². The predicted molar refractivity (Wildman–Crippen MR) is 159 cm³/mol. The summed E-state index contributed by atoms with van der Waals surface area (Å²) in [4.78, 5) is 27.7. The number of anilines is 2. The maximum absolute atomic E-state index is 14.4. The molecule has 2 N–H and O–H groups in total. The number of carbonyl (C=O) groups is 1. The van der Waals surface area contributed by atoms with Gasteiger partial charge >= 0.3 is 0 Å². The molecule has 0 aliphatic carbocycles. The molecule has 1 amide bonds. The van der Waals surface area contributed by atoms with E-state index in [0.717, 1.165) is 22.5 Å². The van der Waals surface area contributed by atoms with Crippen molar-refractivity contribution >= 4 is 25.6 Å². The number of hydrogen-bond donors (Lipinski definition) is 2. The Morgan fingerprint density at radius 1 is 1.00 bits per heavy atom. The first-order chi connectivity index (χ1) is 19.8. The number of ether oxygens (including phenoxy) is 1. The summed E-state index contributed by atoms with van der Waals surface area (Å²) in [6.07, 6.45) is 2.08. The third kappa shape index (κ3) is 4.63. The summed E-state index contributed by atoms with van der Waals surface area (Å²) in [5.41, 5.74) is 2.79. The molecule has 2 aliphatic rings. The molecule has 41 heavy (non-hydrogen) atoms. The molecule has 5 atom stereocenters. The van der Waals surface area contributed by atoms with E-state index in [-0.39, 0.29) is 36.0 Å². The van der Waals surface area contributed by atoms with Crippen molar-refractivity contribution in [3.05, 3.63) is 108 Å². The van der Waals surface area contributed by atoms with E-state index in [9.17, 15) is 14.7 Å². The number of rotatable bonds is 8. The van der Waals surface area contributed by atoms with E-state index >= 15 is 0 Å². The smallest absolute Gasteiger partial charge is 0.268 e. The van der Waals surface area contributed by atoms with Gasteiger partial charge in [0.2, 0.25) is 0 Å². The van der Waals surface area contributed by atoms with Crippen LogP contribution in [0.25, 0.3) is 0 Å². The van der Waals surface area contributed by atoms with Gasteiger partial charge in [-0.15, -0.1) is 5.10 Å². The van der Waals surface area contributed by atoms with Crippen LogP contribution in [0.1, 0.15) is 36.1 Å². The van der Waals surface area contributed by atoms with E-state index in [1.54, 1.807) is 9.58 Å². The third-order valence-electron chi connectivity index (χ3n) is 8.75. The molecule has 1 aromatic heterocycles. The summed E-state index contributed by atoms with van der Waals surface area (Å²) >= 11 is 0. The van der Waals surface area contributed by atoms with E-state index in [1.807, 2.05) is 104 Å². The first-order valence-electron chi connectivity index (χ1n) is 14.2. The van der Waals surface area contributed by atoms with Gasteiger partial charge in [0.15, 0.2) is 13.9 Å². The van der Waals surface area contributed by atoms with E-state index < -0.39 is 13.9 Å². The number of aliphatic hydroxyl groups is 1. The summed E-state index contributed by atoms with van der Waals surface area (Å²) in [6.45, 7) is 6.36. The number of carbonyl (C=O) groups excluding carboxylic acids is 1. The van der Waals surface area contributed by atoms with Gasteiger partial charge in [-0.2, -0.15) is 0 Å². The molecule has 6 rings (SSSR count). The molecule has 3 aromatic carbocycles. The molecule has 0 bridgehead atoms. The molecule has 0 radical (unpaired) electrons. The fourth-order valence-corrected chi connectivity index (χ4v) is 9.56. The minimum atomic E-state index is -2.77. The molecule has 0 saturated carbocycles. The minimum Gasteiger partial charge on any atom is -0.432 e. The quantitative estimate of drug-likeness (QED) is 0.291. The average Bonchev–Trinajstić information content (AvgIpc) is 3.63. The molecule has 8 nitrogen and oxygen atoms in total. The number of aromatic nitrogens is 3. The molecule has 1 spiro atoms. The second-order valence-corrected chi connectivity index (χ2v) is 15.7. The summed E-state index contributed by atoms with van der Waals surface area (Å²) in [6, 6.07) is 27.3. The third-order valence-corrected chi connectivity index (χ3v) is 11.3. The highest BCUT2D eigenvalue weighted by Gasteiger charge is 2.66. The average molecular weight is 569 g/mol. The van der Waals surface area contributed by atoms with Gasteiger partial charge in [-0.25, -0.2) is 0 Å². The van der Waals surface area contributed by atoms with Crippen LogP contribution < -0.4 is 4.90 Å². The largest absolute Gasteiger partial charge is 0.432 e. The van der Waals surface area contributed by atoms with Crippen LogP contribution in [0.3, 0.4) is 0 Å². The Morgan fingerprint density at radius 3 is 2.34 bits per heavy atom. The fraction of sp³-hybridized carbons (Fsp3) is 0.344. The first kappa shape index (κ1) is 27.5. The normalized spacial score (nSPS) is 24.7. The van der Waals surface area contributed by atoms with Crippen molar-refractivity contribution in [2.45, 2.75) is 56.1 Å². The zero-order chi connectivity index (χ0) is 28.8. The predicted octanol–water partition coefficient (Wildman–Crippen LogP) is 4.97. The molecular weight excluding hydrogens is 532 g/mol. The zero-order valence-corrected chi connectivity index (χ0v) is 24.6. The van der Waals surface area contributed by atoms with Crippen molar-refractivity contribution in [1.29, 1.82) is 0 Å². The molecule has 1 fully saturated rings. The molecule has 3 heterocycles. The van der Waals surface area contributed by atoms with Crippen LogP contribution in [0.2, 0.25) is 18.6 Å². The molecule has 9 heteroatoms. The highest BCUT2D eigenvalue weighted by molar-refractivity contribution is 6.71. The number of benzene rings is 3. The zero-order valence-electron chi connectivity index (χ0n) is 23.6. The minimum absolute atomic E-state index is 0.0692. The number of nitrogens with zero attached hydrogens (tertiary/aromatic N) is 4. The second kappa shape index (κ2) is 10.6. The van der Waals surface area contributed by atoms with Crippen LogP contribution in [0, 0.1) is 5.92 Å². The Morgan fingerprint density at radius 2 is 1.66 bits per heavy atom. The highest BCUT2D eigenvalue weighted by atomic mass is 28.4. The van der Waals surface area contributed by atoms with Crippen molar-refractivity contribution < 1.29 is 19.4 Å². The van der Waals surface area contributed by atoms with Crippen LogP contribution >= 0.6 is 0 Å². The Balaban J connectivity index is 1.30. The van der Waals surface area contributed by atoms with Crippen molar-refractivity contribution in [2.75, 3.05) is 11.5 Å². The Labute approximate surface area is 241 Å². The lowest BCUT2D eigenvalue weighted by molar-refractivity contribution is -0.145. The number of fused-ring (bicyclic) bond motifs is 2. The Bertz CT molecular complexity index is 1520. The fourth-order valence-electron chi connectivity index (χ4n) is 6.96. The van der Waals surface area contributed by atoms with Crippen molar-refractivity contribution in [3.63, 3.8) is 0 Å². The molecule has 212 valence electrons. The monoisotopic (exact) mass is 568 g/mol. The number of para-hydroxylation sites is 2. The molecule has 2 aliphatic heterocycles. The maximum atomic E-state index is 14.4. The number of amides is 1. The topological polar surface area (TPSA) is 101 Å². The van der Waals surface area contributed by atoms with Gasteiger partial charge in [0.1, 0.15) is 0 Å². The summed E-state index contributed by atoms with van der Waals surface area (Å²) in [5.74, 6) is -0.603. The Kier molecular flexibility index (Phi) is 7.15. The standard InChI is InChI=1S/C32H36N4O4Si/c1-22-30(41(2,3)39)29(18-19-35-20-27(33-34-35)25(21-37)23-12-6-4-7-13-23)40-32(22)26-16-10-11-17-28(26)36(31(32)38)24-14-8-5-9-15-24/h4-17,20,22,25,29-30,37,39H,18-19,21H2,1-3H3/t22-,25?,29+,30-,32+/m0/s1. The lowest BCUT2D eigenvalue weighted by Crippen LogP contribution is -2.45. The number of hydrogen-bond acceptors (Lipinski definition) is 6. The number of aliphatic hydroxyl groups excluding tert-OH is 1. The molecule has 4 aromatic rings. The van der Waals surface area contributed by atoms with E-state index in [2.05, 4.69) is 17.2 Å². The van der Waals surface area contributed by atoms with Gasteiger partial charge in [-0.05, 0) is 43.3 Å². The summed E-state index contributed by atoms with van der Waals surface area (Å²) in [7, 11) is -2.77. The highest BCUT2D eigenvalue weighted by Crippen LogP contribution is 2.60. The first-order valence-corrected chi connectivity index (χ1v) is 17.2. The maximum Gasteiger partial charge on any atom is 0.268 e. The van der Waals surface area contributed by atoms with Gasteiger partial charge in [0.25, 0.3) is 5.91 Å². The SMILES string of the molecule is C[C@H]1[C@H]([Si](C)(C)O)[C@@H](CCn2cc(C(CO)c3ccccc3)nn2)O[C@]12C(=O)N(c1ccccc1)c1ccccc12. The molecular formula is C32H36N4O4Si. The van der Waals surface area contributed by atoms with Crippen LogP contribution in [-0.2, 0) is 21.7 Å². The van der Waals surface area contributed by atoms with Crippen molar-refractivity contribution in [3.8, 4) is 0 Å². The van der Waals surface area contributed by atoms with E-state index in [0.29, 0.717) is 18.7 Å². The lowest BCUT2D eigenvalue weighted by atomic mass is 9.82. The lowest BCUT2D eigenvalue weighted by Gasteiger charge is -2.32. The van der Waals surface area contributed by atoms with Gasteiger partial charge in [0, 0.05) is 35.5 Å². The van der Waals surface area contributed by atoms with Gasteiger partial charge in [-0.1, -0.05) is 78.9 Å². The van der Waals surface area contributed by atoms with E-state index in [4.69, 9.17) is 4.74 Å². The van der Waals surface area contributed by atoms with Crippen LogP contribution in [-0.4, -0.2) is 51.8 Å². The van der Waals surface area contributed by atoms with Gasteiger partial charge < -0.3 is 14.6 Å². The molecule has 1 saturated heterocycles. The van der Waals surface area contributed by atoms with E-state index in [1.165, 1.54) is 0 Å². The van der Waals surface area contributed by atoms with Gasteiger partial charge in [-0.3, -0.25) is 14.4 Å². The van der Waals surface area contributed by atoms with Crippen molar-refractivity contribution in [1.82, 2.24) is 15.0 Å². The molecule has 1 unspecified atom stereocenters. The van der Waals surface area contributed by atoms with Crippen LogP contribution in [0.4, 0.5) is 11.4 Å². The summed E-state index contributed by atoms with van der Waals surface area (Å²) in [5, 5.41) is 18.8.